The number of rotatable bonds is 6. The van der Waals surface area contributed by atoms with Gasteiger partial charge in [0.2, 0.25) is 0 Å². The fraction of sp³-hybridized carbons (Fsp3) is 0.111. The molecule has 0 atom stereocenters. The third-order valence-corrected chi connectivity index (χ3v) is 3.08. The van der Waals surface area contributed by atoms with Crippen molar-refractivity contribution in [1.82, 2.24) is 0 Å². The minimum Gasteiger partial charge on any atom is -0.462 e. The van der Waals surface area contributed by atoms with Crippen molar-refractivity contribution in [3.8, 4) is 5.75 Å². The molecular formula is C18H15NO6. The number of hydrogen-bond acceptors (Lipinski definition) is 6. The number of benzene rings is 2. The van der Waals surface area contributed by atoms with Gasteiger partial charge in [-0.05, 0) is 42.8 Å². The van der Waals surface area contributed by atoms with Crippen LogP contribution in [0.15, 0.2) is 54.6 Å². The lowest BCUT2D eigenvalue weighted by Gasteiger charge is -2.04. The molecule has 0 saturated carbocycles. The number of nitro groups is 1. The summed E-state index contributed by atoms with van der Waals surface area (Å²) in [6.45, 7) is 1.99. The van der Waals surface area contributed by atoms with E-state index in [2.05, 4.69) is 0 Å². The Bertz CT molecular complexity index is 811. The molecule has 25 heavy (non-hydrogen) atoms. The summed E-state index contributed by atoms with van der Waals surface area (Å²) in [5.41, 5.74) is 0.794. The van der Waals surface area contributed by atoms with Crippen LogP contribution in [0, 0.1) is 10.1 Å². The molecule has 2 rings (SSSR count). The highest BCUT2D eigenvalue weighted by Crippen LogP contribution is 2.16. The Balaban J connectivity index is 1.99. The highest BCUT2D eigenvalue weighted by atomic mass is 16.6. The van der Waals surface area contributed by atoms with Crippen molar-refractivity contribution in [3.63, 3.8) is 0 Å². The van der Waals surface area contributed by atoms with Gasteiger partial charge in [0.25, 0.3) is 5.69 Å². The van der Waals surface area contributed by atoms with Gasteiger partial charge < -0.3 is 9.47 Å². The van der Waals surface area contributed by atoms with Crippen LogP contribution in [0.2, 0.25) is 0 Å². The highest BCUT2D eigenvalue weighted by Gasteiger charge is 2.08. The molecule has 7 nitrogen and oxygen atoms in total. The van der Waals surface area contributed by atoms with Crippen LogP contribution < -0.4 is 4.74 Å². The van der Waals surface area contributed by atoms with Crippen LogP contribution in [-0.4, -0.2) is 23.5 Å². The van der Waals surface area contributed by atoms with E-state index in [1.54, 1.807) is 13.0 Å². The van der Waals surface area contributed by atoms with E-state index in [1.807, 2.05) is 0 Å². The molecule has 0 aromatic heterocycles. The molecule has 0 spiro atoms. The second kappa shape index (κ2) is 8.39. The Hall–Kier alpha value is -3.48. The molecule has 128 valence electrons. The van der Waals surface area contributed by atoms with Gasteiger partial charge in [-0.15, -0.1) is 0 Å². The summed E-state index contributed by atoms with van der Waals surface area (Å²) < 4.78 is 9.95. The van der Waals surface area contributed by atoms with Crippen LogP contribution in [0.3, 0.4) is 0 Å². The maximum Gasteiger partial charge on any atom is 0.338 e. The van der Waals surface area contributed by atoms with Gasteiger partial charge in [-0.3, -0.25) is 10.1 Å². The maximum atomic E-state index is 11.8. The fourth-order valence-corrected chi connectivity index (χ4v) is 1.93. The number of nitrogens with zero attached hydrogens (tertiary/aromatic N) is 1. The van der Waals surface area contributed by atoms with Gasteiger partial charge >= 0.3 is 11.9 Å². The SMILES string of the molecule is CCOC(=O)c1ccc(OC(=O)/C=C/c2cccc([N+](=O)[O-])c2)cc1. The van der Waals surface area contributed by atoms with Crippen molar-refractivity contribution < 1.29 is 24.0 Å². The van der Waals surface area contributed by atoms with Crippen molar-refractivity contribution in [2.75, 3.05) is 6.61 Å². The first-order chi connectivity index (χ1) is 12.0. The quantitative estimate of drug-likeness (QED) is 0.263. The second-order valence-corrected chi connectivity index (χ2v) is 4.85. The van der Waals surface area contributed by atoms with Crippen LogP contribution >= 0.6 is 0 Å². The zero-order valence-electron chi connectivity index (χ0n) is 13.4. The molecule has 0 N–H and O–H groups in total. The first kappa shape index (κ1) is 17.9. The Labute approximate surface area is 143 Å². The molecule has 0 amide bonds. The smallest absolute Gasteiger partial charge is 0.338 e. The second-order valence-electron chi connectivity index (χ2n) is 4.85. The molecule has 0 unspecified atom stereocenters. The monoisotopic (exact) mass is 341 g/mol. The summed E-state index contributed by atoms with van der Waals surface area (Å²) in [7, 11) is 0. The predicted molar refractivity (Wildman–Crippen MR) is 90.2 cm³/mol. The summed E-state index contributed by atoms with van der Waals surface area (Å²) in [5, 5.41) is 10.7. The van der Waals surface area contributed by atoms with Gasteiger partial charge in [0.1, 0.15) is 5.75 Å². The van der Waals surface area contributed by atoms with Crippen molar-refractivity contribution in [2.24, 2.45) is 0 Å². The maximum absolute atomic E-state index is 11.8. The van der Waals surface area contributed by atoms with Gasteiger partial charge in [-0.1, -0.05) is 12.1 Å². The number of carbonyl (C=O) groups excluding carboxylic acids is 2. The van der Waals surface area contributed by atoms with Gasteiger partial charge in [0.05, 0.1) is 17.1 Å². The van der Waals surface area contributed by atoms with Crippen LogP contribution in [0.25, 0.3) is 6.08 Å². The van der Waals surface area contributed by atoms with Crippen molar-refractivity contribution >= 4 is 23.7 Å². The van der Waals surface area contributed by atoms with E-state index in [9.17, 15) is 19.7 Å². The average Bonchev–Trinajstić information content (AvgIpc) is 2.61. The van der Waals surface area contributed by atoms with Crippen LogP contribution in [0.1, 0.15) is 22.8 Å². The Kier molecular flexibility index (Phi) is 6.00. The van der Waals surface area contributed by atoms with Gasteiger partial charge in [0.15, 0.2) is 0 Å². The summed E-state index contributed by atoms with van der Waals surface area (Å²) >= 11 is 0. The Morgan fingerprint density at radius 3 is 2.52 bits per heavy atom. The average molecular weight is 341 g/mol. The molecule has 2 aromatic rings. The van der Waals surface area contributed by atoms with E-state index < -0.39 is 16.9 Å². The third kappa shape index (κ3) is 5.28. The van der Waals surface area contributed by atoms with E-state index in [0.717, 1.165) is 6.08 Å². The van der Waals surface area contributed by atoms with Crippen LogP contribution in [0.5, 0.6) is 5.75 Å². The highest BCUT2D eigenvalue weighted by molar-refractivity contribution is 5.90. The summed E-state index contributed by atoms with van der Waals surface area (Å²) in [6.07, 6.45) is 2.58. The fourth-order valence-electron chi connectivity index (χ4n) is 1.93. The summed E-state index contributed by atoms with van der Waals surface area (Å²) in [4.78, 5) is 33.5. The number of ether oxygens (including phenoxy) is 2. The molecule has 0 aliphatic rings. The number of hydrogen-bond donors (Lipinski definition) is 0. The molecule has 0 aliphatic carbocycles. The minimum absolute atomic E-state index is 0.0647. The first-order valence-electron chi connectivity index (χ1n) is 7.41. The molecule has 0 radical (unpaired) electrons. The topological polar surface area (TPSA) is 95.7 Å². The number of non-ortho nitro benzene ring substituents is 1. The standard InChI is InChI=1S/C18H15NO6/c1-2-24-18(21)14-7-9-16(10-8-14)25-17(20)11-6-13-4-3-5-15(12-13)19(22)23/h3-12H,2H2,1H3/b11-6+. The molecular weight excluding hydrogens is 326 g/mol. The van der Waals surface area contributed by atoms with E-state index in [0.29, 0.717) is 11.1 Å². The van der Waals surface area contributed by atoms with Crippen molar-refractivity contribution in [2.45, 2.75) is 6.92 Å². The van der Waals surface area contributed by atoms with E-state index in [4.69, 9.17) is 9.47 Å². The lowest BCUT2D eigenvalue weighted by molar-refractivity contribution is -0.384. The zero-order chi connectivity index (χ0) is 18.2. The van der Waals surface area contributed by atoms with E-state index in [-0.39, 0.29) is 18.0 Å². The summed E-state index contributed by atoms with van der Waals surface area (Å²) in [6, 6.07) is 11.8. The molecule has 7 heteroatoms. The van der Waals surface area contributed by atoms with Crippen molar-refractivity contribution in [1.29, 1.82) is 0 Å². The summed E-state index contributed by atoms with van der Waals surface area (Å²) in [5.74, 6) is -0.830. The predicted octanol–water partition coefficient (Wildman–Crippen LogP) is 3.39. The van der Waals surface area contributed by atoms with Gasteiger partial charge in [-0.25, -0.2) is 9.59 Å². The first-order valence-corrected chi connectivity index (χ1v) is 7.41. The van der Waals surface area contributed by atoms with Crippen LogP contribution in [0.4, 0.5) is 5.69 Å². The Morgan fingerprint density at radius 2 is 1.88 bits per heavy atom. The molecule has 0 bridgehead atoms. The lowest BCUT2D eigenvalue weighted by atomic mass is 10.2. The van der Waals surface area contributed by atoms with E-state index in [1.165, 1.54) is 48.5 Å². The third-order valence-electron chi connectivity index (χ3n) is 3.08. The normalized spacial score (nSPS) is 10.4. The van der Waals surface area contributed by atoms with Gasteiger partial charge in [-0.2, -0.15) is 0 Å². The van der Waals surface area contributed by atoms with E-state index >= 15 is 0 Å². The molecule has 2 aromatic carbocycles. The van der Waals surface area contributed by atoms with Gasteiger partial charge in [0, 0.05) is 18.2 Å². The van der Waals surface area contributed by atoms with Crippen LogP contribution in [-0.2, 0) is 9.53 Å². The molecule has 0 saturated heterocycles. The largest absolute Gasteiger partial charge is 0.462 e. The number of carbonyl (C=O) groups is 2. The molecule has 0 fully saturated rings. The zero-order valence-corrected chi connectivity index (χ0v) is 13.4. The molecule has 0 aliphatic heterocycles. The lowest BCUT2D eigenvalue weighted by Crippen LogP contribution is -2.06. The number of esters is 2. The Morgan fingerprint density at radius 1 is 1.16 bits per heavy atom. The molecule has 0 heterocycles. The van der Waals surface area contributed by atoms with Crippen molar-refractivity contribution in [3.05, 3.63) is 75.8 Å². The number of nitro benzene ring substituents is 1. The minimum atomic E-state index is -0.643.